The Bertz CT molecular complexity index is 877. The first-order valence-corrected chi connectivity index (χ1v) is 8.74. The van der Waals surface area contributed by atoms with Gasteiger partial charge in [-0.3, -0.25) is 4.79 Å². The molecule has 0 aliphatic rings. The summed E-state index contributed by atoms with van der Waals surface area (Å²) in [6.07, 6.45) is 1.04. The Kier molecular flexibility index (Phi) is 5.87. The number of benzene rings is 3. The first kappa shape index (κ1) is 18.0. The van der Waals surface area contributed by atoms with Gasteiger partial charge < -0.3 is 15.2 Å². The van der Waals surface area contributed by atoms with Gasteiger partial charge in [0.25, 0.3) is 0 Å². The Morgan fingerprint density at radius 1 is 1.04 bits per heavy atom. The topological polar surface area (TPSA) is 58.6 Å². The molecule has 0 bridgehead atoms. The Morgan fingerprint density at radius 2 is 1.77 bits per heavy atom. The van der Waals surface area contributed by atoms with Gasteiger partial charge in [0.05, 0.1) is 6.04 Å². The molecule has 0 saturated heterocycles. The fourth-order valence-electron chi connectivity index (χ4n) is 3.17. The molecule has 0 spiro atoms. The van der Waals surface area contributed by atoms with Gasteiger partial charge in [0.1, 0.15) is 5.75 Å². The minimum Gasteiger partial charge on any atom is -0.508 e. The second kappa shape index (κ2) is 8.50. The van der Waals surface area contributed by atoms with Crippen molar-refractivity contribution in [2.45, 2.75) is 18.9 Å². The summed E-state index contributed by atoms with van der Waals surface area (Å²) in [4.78, 5) is 12.5. The number of phenols is 1. The highest BCUT2D eigenvalue weighted by molar-refractivity contribution is 5.89. The number of methoxy groups -OCH3 is 1. The first-order valence-electron chi connectivity index (χ1n) is 8.74. The second-order valence-corrected chi connectivity index (χ2v) is 6.23. The molecule has 0 heterocycles. The second-order valence-electron chi connectivity index (χ2n) is 6.23. The zero-order valence-corrected chi connectivity index (χ0v) is 14.8. The SMILES string of the molecule is COCCCC(=O)NC(c1ccccc1)c1c(O)ccc2ccccc12. The van der Waals surface area contributed by atoms with Crippen molar-refractivity contribution in [3.05, 3.63) is 77.9 Å². The van der Waals surface area contributed by atoms with Gasteiger partial charge in [0.15, 0.2) is 0 Å². The highest BCUT2D eigenvalue weighted by Crippen LogP contribution is 2.35. The summed E-state index contributed by atoms with van der Waals surface area (Å²) >= 11 is 0. The van der Waals surface area contributed by atoms with Crippen LogP contribution in [0.4, 0.5) is 0 Å². The van der Waals surface area contributed by atoms with E-state index in [0.29, 0.717) is 19.4 Å². The van der Waals surface area contributed by atoms with Crippen LogP contribution in [0, 0.1) is 0 Å². The molecule has 4 heteroatoms. The van der Waals surface area contributed by atoms with Crippen molar-refractivity contribution in [2.24, 2.45) is 0 Å². The van der Waals surface area contributed by atoms with E-state index >= 15 is 0 Å². The van der Waals surface area contributed by atoms with Crippen LogP contribution >= 0.6 is 0 Å². The molecule has 1 unspecified atom stereocenters. The van der Waals surface area contributed by atoms with E-state index < -0.39 is 6.04 Å². The summed E-state index contributed by atoms with van der Waals surface area (Å²) in [5, 5.41) is 15.6. The van der Waals surface area contributed by atoms with E-state index in [9.17, 15) is 9.90 Å². The molecule has 134 valence electrons. The fourth-order valence-corrected chi connectivity index (χ4v) is 3.17. The van der Waals surface area contributed by atoms with E-state index in [2.05, 4.69) is 5.32 Å². The molecule has 0 radical (unpaired) electrons. The van der Waals surface area contributed by atoms with Gasteiger partial charge in [-0.2, -0.15) is 0 Å². The number of carbonyl (C=O) groups excluding carboxylic acids is 1. The third-order valence-electron chi connectivity index (χ3n) is 4.43. The summed E-state index contributed by atoms with van der Waals surface area (Å²) in [5.41, 5.74) is 1.65. The number of aromatic hydroxyl groups is 1. The van der Waals surface area contributed by atoms with Crippen LogP contribution < -0.4 is 5.32 Å². The van der Waals surface area contributed by atoms with Crippen LogP contribution in [0.1, 0.15) is 30.0 Å². The number of phenolic OH excluding ortho intramolecular Hbond substituents is 1. The maximum absolute atomic E-state index is 12.5. The molecule has 0 fully saturated rings. The van der Waals surface area contributed by atoms with E-state index in [4.69, 9.17) is 4.74 Å². The van der Waals surface area contributed by atoms with Crippen molar-refractivity contribution >= 4 is 16.7 Å². The van der Waals surface area contributed by atoms with Crippen LogP contribution in [0.15, 0.2) is 66.7 Å². The number of ether oxygens (including phenoxy) is 1. The summed E-state index contributed by atoms with van der Waals surface area (Å²) in [7, 11) is 1.62. The van der Waals surface area contributed by atoms with Gasteiger partial charge in [-0.1, -0.05) is 60.7 Å². The zero-order valence-electron chi connectivity index (χ0n) is 14.8. The minimum absolute atomic E-state index is 0.0664. The molecule has 3 rings (SSSR count). The molecule has 4 nitrogen and oxygen atoms in total. The lowest BCUT2D eigenvalue weighted by Gasteiger charge is -2.22. The Hall–Kier alpha value is -2.85. The highest BCUT2D eigenvalue weighted by Gasteiger charge is 2.22. The van der Waals surface area contributed by atoms with E-state index in [1.165, 1.54) is 0 Å². The van der Waals surface area contributed by atoms with E-state index in [-0.39, 0.29) is 11.7 Å². The van der Waals surface area contributed by atoms with E-state index in [1.807, 2.05) is 60.7 Å². The smallest absolute Gasteiger partial charge is 0.220 e. The van der Waals surface area contributed by atoms with Crippen LogP contribution in [0.2, 0.25) is 0 Å². The quantitative estimate of drug-likeness (QED) is 0.629. The van der Waals surface area contributed by atoms with Crippen LogP contribution in [0.3, 0.4) is 0 Å². The molecule has 26 heavy (non-hydrogen) atoms. The predicted molar refractivity (Wildman–Crippen MR) is 103 cm³/mol. The number of rotatable bonds is 7. The highest BCUT2D eigenvalue weighted by atomic mass is 16.5. The molecule has 0 saturated carbocycles. The molecule has 3 aromatic carbocycles. The lowest BCUT2D eigenvalue weighted by Crippen LogP contribution is -2.29. The summed E-state index contributed by atoms with van der Waals surface area (Å²) in [5.74, 6) is 0.109. The zero-order chi connectivity index (χ0) is 18.4. The summed E-state index contributed by atoms with van der Waals surface area (Å²) < 4.78 is 5.02. The minimum atomic E-state index is -0.419. The fraction of sp³-hybridized carbons (Fsp3) is 0.227. The van der Waals surface area contributed by atoms with Gasteiger partial charge in [-0.25, -0.2) is 0 Å². The van der Waals surface area contributed by atoms with Crippen molar-refractivity contribution in [3.63, 3.8) is 0 Å². The molecule has 2 N–H and O–H groups in total. The molecule has 1 amide bonds. The van der Waals surface area contributed by atoms with Crippen molar-refractivity contribution in [1.29, 1.82) is 0 Å². The molecular weight excluding hydrogens is 326 g/mol. The maximum atomic E-state index is 12.5. The van der Waals surface area contributed by atoms with Crippen molar-refractivity contribution in [1.82, 2.24) is 5.32 Å². The molecule has 3 aromatic rings. The molecule has 1 atom stereocenters. The Morgan fingerprint density at radius 3 is 2.54 bits per heavy atom. The standard InChI is InChI=1S/C22H23NO3/c1-26-15-7-12-20(25)23-22(17-9-3-2-4-10-17)21-18-11-6-5-8-16(18)13-14-19(21)24/h2-6,8-11,13-14,22,24H,7,12,15H2,1H3,(H,23,25). The van der Waals surface area contributed by atoms with Gasteiger partial charge in [0.2, 0.25) is 5.91 Å². The predicted octanol–water partition coefficient (Wildman–Crippen LogP) is 4.18. The number of carbonyl (C=O) groups is 1. The summed E-state index contributed by atoms with van der Waals surface area (Å²) in [6.45, 7) is 0.545. The van der Waals surface area contributed by atoms with E-state index in [0.717, 1.165) is 21.9 Å². The summed E-state index contributed by atoms with van der Waals surface area (Å²) in [6, 6.07) is 20.7. The Balaban J connectivity index is 2.02. The van der Waals surface area contributed by atoms with E-state index in [1.54, 1.807) is 13.2 Å². The molecule has 0 aliphatic heterocycles. The van der Waals surface area contributed by atoms with Crippen LogP contribution in [0.5, 0.6) is 5.75 Å². The monoisotopic (exact) mass is 349 g/mol. The number of nitrogens with one attached hydrogen (secondary N) is 1. The molecule has 0 aliphatic carbocycles. The Labute approximate surface area is 153 Å². The maximum Gasteiger partial charge on any atom is 0.220 e. The lowest BCUT2D eigenvalue weighted by molar-refractivity contribution is -0.121. The number of fused-ring (bicyclic) bond motifs is 1. The number of amides is 1. The number of hydrogen-bond acceptors (Lipinski definition) is 3. The number of hydrogen-bond donors (Lipinski definition) is 2. The van der Waals surface area contributed by atoms with Crippen molar-refractivity contribution in [3.8, 4) is 5.75 Å². The molecular formula is C22H23NO3. The van der Waals surface area contributed by atoms with Gasteiger partial charge in [0, 0.05) is 25.7 Å². The van der Waals surface area contributed by atoms with Gasteiger partial charge in [-0.15, -0.1) is 0 Å². The average Bonchev–Trinajstić information content (AvgIpc) is 2.67. The van der Waals surface area contributed by atoms with Crippen LogP contribution in [0.25, 0.3) is 10.8 Å². The van der Waals surface area contributed by atoms with Crippen LogP contribution in [-0.2, 0) is 9.53 Å². The third kappa shape index (κ3) is 4.03. The largest absolute Gasteiger partial charge is 0.508 e. The normalized spacial score (nSPS) is 12.0. The van der Waals surface area contributed by atoms with Gasteiger partial charge in [-0.05, 0) is 28.8 Å². The molecule has 0 aromatic heterocycles. The van der Waals surface area contributed by atoms with Crippen molar-refractivity contribution < 1.29 is 14.6 Å². The third-order valence-corrected chi connectivity index (χ3v) is 4.43. The first-order chi connectivity index (χ1) is 12.7. The lowest BCUT2D eigenvalue weighted by atomic mass is 9.92. The average molecular weight is 349 g/mol. The van der Waals surface area contributed by atoms with Crippen LogP contribution in [-0.4, -0.2) is 24.7 Å². The van der Waals surface area contributed by atoms with Gasteiger partial charge >= 0.3 is 0 Å². The van der Waals surface area contributed by atoms with Crippen molar-refractivity contribution in [2.75, 3.05) is 13.7 Å².